The normalized spacial score (nSPS) is 10.3. The summed E-state index contributed by atoms with van der Waals surface area (Å²) in [4.78, 5) is 4.15. The summed E-state index contributed by atoms with van der Waals surface area (Å²) in [7, 11) is 0. The predicted molar refractivity (Wildman–Crippen MR) is 70.8 cm³/mol. The van der Waals surface area contributed by atoms with Gasteiger partial charge in [-0.3, -0.25) is 0 Å². The lowest BCUT2D eigenvalue weighted by molar-refractivity contribution is 0.622. The smallest absolute Gasteiger partial charge is 0.139 e. The van der Waals surface area contributed by atoms with Crippen molar-refractivity contribution in [2.24, 2.45) is 0 Å². The molecule has 0 saturated heterocycles. The van der Waals surface area contributed by atoms with E-state index in [-0.39, 0.29) is 5.82 Å². The molecule has 1 aromatic heterocycles. The lowest BCUT2D eigenvalue weighted by Crippen LogP contribution is -1.98. The Labute approximate surface area is 107 Å². The average molecular weight is 296 g/mol. The van der Waals surface area contributed by atoms with Crippen LogP contribution in [0.15, 0.2) is 34.9 Å². The molecule has 5 heteroatoms. The highest BCUT2D eigenvalue weighted by atomic mass is 79.9. The third-order valence-corrected chi connectivity index (χ3v) is 2.92. The van der Waals surface area contributed by atoms with Crippen LogP contribution in [0.3, 0.4) is 0 Å². The SMILES string of the molecule is Cc1cc(N)cnc1Nc1ccc(Br)c(F)c1. The molecule has 2 rings (SSSR count). The number of nitrogens with zero attached hydrogens (tertiary/aromatic N) is 1. The Bertz CT molecular complexity index is 557. The first-order valence-corrected chi connectivity index (χ1v) is 5.80. The Balaban J connectivity index is 2.28. The second kappa shape index (κ2) is 4.71. The number of rotatable bonds is 2. The first-order chi connectivity index (χ1) is 8.06. The molecule has 0 amide bonds. The number of nitrogen functional groups attached to an aromatic ring is 1. The largest absolute Gasteiger partial charge is 0.397 e. The van der Waals surface area contributed by atoms with Crippen molar-refractivity contribution in [2.45, 2.75) is 6.92 Å². The van der Waals surface area contributed by atoms with E-state index in [1.165, 1.54) is 6.07 Å². The fourth-order valence-electron chi connectivity index (χ4n) is 1.44. The Kier molecular flexibility index (Phi) is 3.28. The molecule has 0 aliphatic rings. The first-order valence-electron chi connectivity index (χ1n) is 5.00. The highest BCUT2D eigenvalue weighted by Gasteiger charge is 2.04. The molecular formula is C12H11BrFN3. The molecule has 0 fully saturated rings. The predicted octanol–water partition coefficient (Wildman–Crippen LogP) is 3.62. The van der Waals surface area contributed by atoms with Crippen LogP contribution in [-0.4, -0.2) is 4.98 Å². The molecule has 3 nitrogen and oxygen atoms in total. The minimum absolute atomic E-state index is 0.317. The topological polar surface area (TPSA) is 50.9 Å². The molecule has 0 unspecified atom stereocenters. The van der Waals surface area contributed by atoms with Crippen LogP contribution >= 0.6 is 15.9 Å². The zero-order valence-electron chi connectivity index (χ0n) is 9.17. The Morgan fingerprint density at radius 1 is 1.35 bits per heavy atom. The summed E-state index contributed by atoms with van der Waals surface area (Å²) in [6.45, 7) is 1.89. The van der Waals surface area contributed by atoms with E-state index in [2.05, 4.69) is 26.2 Å². The van der Waals surface area contributed by atoms with E-state index < -0.39 is 0 Å². The zero-order chi connectivity index (χ0) is 12.4. The van der Waals surface area contributed by atoms with Crippen molar-refractivity contribution in [3.8, 4) is 0 Å². The number of nitrogens with two attached hydrogens (primary N) is 1. The quantitative estimate of drug-likeness (QED) is 0.890. The zero-order valence-corrected chi connectivity index (χ0v) is 10.8. The number of hydrogen-bond donors (Lipinski definition) is 2. The molecule has 2 aromatic rings. The van der Waals surface area contributed by atoms with Gasteiger partial charge in [-0.15, -0.1) is 0 Å². The van der Waals surface area contributed by atoms with Gasteiger partial charge in [0.2, 0.25) is 0 Å². The fraction of sp³-hybridized carbons (Fsp3) is 0.0833. The van der Waals surface area contributed by atoms with Gasteiger partial charge in [0, 0.05) is 5.69 Å². The molecule has 1 aromatic carbocycles. The summed E-state index contributed by atoms with van der Waals surface area (Å²) in [6, 6.07) is 6.63. The van der Waals surface area contributed by atoms with Gasteiger partial charge in [0.1, 0.15) is 11.6 Å². The summed E-state index contributed by atoms with van der Waals surface area (Å²) < 4.78 is 13.8. The van der Waals surface area contributed by atoms with E-state index in [4.69, 9.17) is 5.73 Å². The van der Waals surface area contributed by atoms with E-state index >= 15 is 0 Å². The monoisotopic (exact) mass is 295 g/mol. The van der Waals surface area contributed by atoms with Crippen LogP contribution in [0, 0.1) is 12.7 Å². The number of benzene rings is 1. The average Bonchev–Trinajstić information content (AvgIpc) is 2.27. The van der Waals surface area contributed by atoms with E-state index in [1.54, 1.807) is 18.3 Å². The van der Waals surface area contributed by atoms with E-state index in [0.717, 1.165) is 5.56 Å². The number of pyridine rings is 1. The molecule has 0 aliphatic carbocycles. The van der Waals surface area contributed by atoms with Crippen LogP contribution in [0.4, 0.5) is 21.6 Å². The molecular weight excluding hydrogens is 285 g/mol. The lowest BCUT2D eigenvalue weighted by Gasteiger charge is -2.09. The molecule has 0 radical (unpaired) electrons. The second-order valence-corrected chi connectivity index (χ2v) is 4.54. The van der Waals surface area contributed by atoms with Gasteiger partial charge < -0.3 is 11.1 Å². The van der Waals surface area contributed by atoms with Gasteiger partial charge in [0.15, 0.2) is 0 Å². The van der Waals surface area contributed by atoms with Gasteiger partial charge >= 0.3 is 0 Å². The fourth-order valence-corrected chi connectivity index (χ4v) is 1.68. The Morgan fingerprint density at radius 2 is 2.12 bits per heavy atom. The van der Waals surface area contributed by atoms with E-state index in [9.17, 15) is 4.39 Å². The Morgan fingerprint density at radius 3 is 2.76 bits per heavy atom. The van der Waals surface area contributed by atoms with Gasteiger partial charge in [-0.2, -0.15) is 0 Å². The summed E-state index contributed by atoms with van der Waals surface area (Å²) in [5, 5.41) is 3.04. The molecule has 0 bridgehead atoms. The Hall–Kier alpha value is -1.62. The highest BCUT2D eigenvalue weighted by Crippen LogP contribution is 2.23. The van der Waals surface area contributed by atoms with Crippen LogP contribution in [0.1, 0.15) is 5.56 Å². The molecule has 0 saturated carbocycles. The van der Waals surface area contributed by atoms with Gasteiger partial charge in [-0.1, -0.05) is 0 Å². The van der Waals surface area contributed by atoms with E-state index in [1.807, 2.05) is 13.0 Å². The molecule has 1 heterocycles. The van der Waals surface area contributed by atoms with E-state index in [0.29, 0.717) is 21.7 Å². The number of halogens is 2. The highest BCUT2D eigenvalue weighted by molar-refractivity contribution is 9.10. The summed E-state index contributed by atoms with van der Waals surface area (Å²) in [6.07, 6.45) is 1.56. The molecule has 88 valence electrons. The van der Waals surface area contributed by atoms with Crippen LogP contribution in [-0.2, 0) is 0 Å². The van der Waals surface area contributed by atoms with Crippen LogP contribution in [0.25, 0.3) is 0 Å². The maximum absolute atomic E-state index is 13.3. The lowest BCUT2D eigenvalue weighted by atomic mass is 10.2. The molecule has 0 aliphatic heterocycles. The van der Waals surface area contributed by atoms with Gasteiger partial charge in [-0.05, 0) is 52.7 Å². The van der Waals surface area contributed by atoms with Crippen LogP contribution in [0.5, 0.6) is 0 Å². The van der Waals surface area contributed by atoms with Crippen molar-refractivity contribution in [2.75, 3.05) is 11.1 Å². The summed E-state index contributed by atoms with van der Waals surface area (Å²) >= 11 is 3.10. The molecule has 3 N–H and O–H groups in total. The number of hydrogen-bond acceptors (Lipinski definition) is 3. The number of anilines is 3. The summed E-state index contributed by atoms with van der Waals surface area (Å²) in [5.41, 5.74) is 7.77. The first kappa shape index (κ1) is 11.9. The standard InChI is InChI=1S/C12H11BrFN3/c1-7-4-8(15)6-16-12(7)17-9-2-3-10(13)11(14)5-9/h2-6H,15H2,1H3,(H,16,17). The molecule has 17 heavy (non-hydrogen) atoms. The third kappa shape index (κ3) is 2.74. The van der Waals surface area contributed by atoms with Crippen molar-refractivity contribution < 1.29 is 4.39 Å². The third-order valence-electron chi connectivity index (χ3n) is 2.28. The molecule has 0 atom stereocenters. The minimum Gasteiger partial charge on any atom is -0.397 e. The van der Waals surface area contributed by atoms with Crippen molar-refractivity contribution >= 4 is 33.1 Å². The number of aromatic nitrogens is 1. The van der Waals surface area contributed by atoms with Crippen LogP contribution < -0.4 is 11.1 Å². The number of aryl methyl sites for hydroxylation is 1. The van der Waals surface area contributed by atoms with Crippen molar-refractivity contribution in [3.05, 3.63) is 46.3 Å². The molecule has 0 spiro atoms. The maximum Gasteiger partial charge on any atom is 0.139 e. The van der Waals surface area contributed by atoms with Crippen molar-refractivity contribution in [3.63, 3.8) is 0 Å². The van der Waals surface area contributed by atoms with Gasteiger partial charge in [-0.25, -0.2) is 9.37 Å². The number of nitrogens with one attached hydrogen (secondary N) is 1. The van der Waals surface area contributed by atoms with Gasteiger partial charge in [0.05, 0.1) is 16.4 Å². The summed E-state index contributed by atoms with van der Waals surface area (Å²) in [5.74, 6) is 0.351. The second-order valence-electron chi connectivity index (χ2n) is 3.69. The van der Waals surface area contributed by atoms with Crippen LogP contribution in [0.2, 0.25) is 0 Å². The van der Waals surface area contributed by atoms with Crippen molar-refractivity contribution in [1.82, 2.24) is 4.98 Å². The maximum atomic E-state index is 13.3. The van der Waals surface area contributed by atoms with Gasteiger partial charge in [0.25, 0.3) is 0 Å². The van der Waals surface area contributed by atoms with Crippen molar-refractivity contribution in [1.29, 1.82) is 0 Å². The minimum atomic E-state index is -0.317.